The number of rotatable bonds is 4. The highest BCUT2D eigenvalue weighted by atomic mass is 19.1. The van der Waals surface area contributed by atoms with Crippen LogP contribution in [-0.2, 0) is 13.6 Å². The lowest BCUT2D eigenvalue weighted by molar-refractivity contribution is 0.370. The van der Waals surface area contributed by atoms with Crippen LogP contribution in [-0.4, -0.2) is 16.9 Å². The Hall–Kier alpha value is -2.04. The van der Waals surface area contributed by atoms with Crippen LogP contribution in [0.5, 0.6) is 5.88 Å². The molecule has 5 heteroatoms. The van der Waals surface area contributed by atoms with Gasteiger partial charge in [-0.05, 0) is 26.0 Å². The standard InChI is InChI=1S/C14H18FN3O/c1-9-12(15)6-5-7-13(9)16-8-11-10(2)17-18(3)14(11)19-4/h5-7,16H,8H2,1-4H3. The Morgan fingerprint density at radius 1 is 1.37 bits per heavy atom. The van der Waals surface area contributed by atoms with E-state index >= 15 is 0 Å². The highest BCUT2D eigenvalue weighted by Gasteiger charge is 2.14. The Morgan fingerprint density at radius 3 is 2.79 bits per heavy atom. The largest absolute Gasteiger partial charge is 0.481 e. The zero-order valence-electron chi connectivity index (χ0n) is 11.6. The number of nitrogens with zero attached hydrogens (tertiary/aromatic N) is 2. The number of hydrogen-bond donors (Lipinski definition) is 1. The molecule has 1 heterocycles. The second-order valence-corrected chi connectivity index (χ2v) is 4.46. The quantitative estimate of drug-likeness (QED) is 0.922. The first-order valence-electron chi connectivity index (χ1n) is 6.10. The van der Waals surface area contributed by atoms with Gasteiger partial charge in [0.2, 0.25) is 5.88 Å². The molecule has 2 aromatic rings. The number of ether oxygens (including phenoxy) is 1. The second kappa shape index (κ2) is 5.30. The number of anilines is 1. The van der Waals surface area contributed by atoms with Crippen molar-refractivity contribution in [2.24, 2.45) is 7.05 Å². The van der Waals surface area contributed by atoms with Gasteiger partial charge in [-0.25, -0.2) is 9.07 Å². The Morgan fingerprint density at radius 2 is 2.11 bits per heavy atom. The van der Waals surface area contributed by atoms with Crippen molar-refractivity contribution in [2.45, 2.75) is 20.4 Å². The molecule has 0 spiro atoms. The van der Waals surface area contributed by atoms with Gasteiger partial charge in [0.15, 0.2) is 0 Å². The lowest BCUT2D eigenvalue weighted by atomic mass is 10.1. The summed E-state index contributed by atoms with van der Waals surface area (Å²) in [4.78, 5) is 0. The van der Waals surface area contributed by atoms with Crippen LogP contribution in [0.25, 0.3) is 0 Å². The third kappa shape index (κ3) is 2.54. The monoisotopic (exact) mass is 263 g/mol. The molecule has 0 amide bonds. The van der Waals surface area contributed by atoms with Crippen LogP contribution in [0.3, 0.4) is 0 Å². The summed E-state index contributed by atoms with van der Waals surface area (Å²) in [6.07, 6.45) is 0. The van der Waals surface area contributed by atoms with Gasteiger partial charge in [0.25, 0.3) is 0 Å². The maximum absolute atomic E-state index is 13.5. The van der Waals surface area contributed by atoms with Crippen molar-refractivity contribution < 1.29 is 9.13 Å². The van der Waals surface area contributed by atoms with Gasteiger partial charge in [-0.2, -0.15) is 5.10 Å². The van der Waals surface area contributed by atoms with Crippen molar-refractivity contribution in [1.29, 1.82) is 0 Å². The maximum Gasteiger partial charge on any atom is 0.216 e. The van der Waals surface area contributed by atoms with Crippen molar-refractivity contribution in [3.05, 3.63) is 40.8 Å². The summed E-state index contributed by atoms with van der Waals surface area (Å²) in [5.74, 6) is 0.513. The van der Waals surface area contributed by atoms with Gasteiger partial charge in [0.05, 0.1) is 18.4 Å². The number of methoxy groups -OCH3 is 1. The van der Waals surface area contributed by atoms with Crippen LogP contribution in [0.4, 0.5) is 10.1 Å². The fourth-order valence-electron chi connectivity index (χ4n) is 2.12. The average Bonchev–Trinajstić information content (AvgIpc) is 2.65. The van der Waals surface area contributed by atoms with E-state index < -0.39 is 0 Å². The van der Waals surface area contributed by atoms with Crippen LogP contribution in [0, 0.1) is 19.7 Å². The molecule has 2 rings (SSSR count). The van der Waals surface area contributed by atoms with E-state index in [0.29, 0.717) is 12.1 Å². The van der Waals surface area contributed by atoms with E-state index in [1.54, 1.807) is 24.8 Å². The molecule has 0 bridgehead atoms. The highest BCUT2D eigenvalue weighted by molar-refractivity contribution is 5.52. The first-order valence-corrected chi connectivity index (χ1v) is 6.10. The summed E-state index contributed by atoms with van der Waals surface area (Å²) in [6.45, 7) is 4.23. The molecule has 0 fully saturated rings. The maximum atomic E-state index is 13.5. The van der Waals surface area contributed by atoms with Gasteiger partial charge in [-0.3, -0.25) is 0 Å². The number of halogens is 1. The van der Waals surface area contributed by atoms with E-state index in [9.17, 15) is 4.39 Å². The third-order valence-electron chi connectivity index (χ3n) is 3.21. The predicted octanol–water partition coefficient (Wildman–Crippen LogP) is 2.80. The van der Waals surface area contributed by atoms with Crippen molar-refractivity contribution in [3.8, 4) is 5.88 Å². The second-order valence-electron chi connectivity index (χ2n) is 4.46. The first-order chi connectivity index (χ1) is 9.04. The van der Waals surface area contributed by atoms with Gasteiger partial charge < -0.3 is 10.1 Å². The Labute approximate surface area is 112 Å². The number of aryl methyl sites for hydroxylation is 2. The summed E-state index contributed by atoms with van der Waals surface area (Å²) < 4.78 is 20.5. The summed E-state index contributed by atoms with van der Waals surface area (Å²) in [5, 5.41) is 7.54. The van der Waals surface area contributed by atoms with E-state index in [1.807, 2.05) is 20.0 Å². The summed E-state index contributed by atoms with van der Waals surface area (Å²) in [6, 6.07) is 5.00. The lowest BCUT2D eigenvalue weighted by Gasteiger charge is -2.11. The zero-order valence-corrected chi connectivity index (χ0v) is 11.6. The average molecular weight is 263 g/mol. The molecule has 0 aliphatic carbocycles. The van der Waals surface area contributed by atoms with Gasteiger partial charge in [-0.1, -0.05) is 6.07 Å². The van der Waals surface area contributed by atoms with Crippen LogP contribution in [0.2, 0.25) is 0 Å². The zero-order chi connectivity index (χ0) is 14.0. The molecule has 0 unspecified atom stereocenters. The van der Waals surface area contributed by atoms with Gasteiger partial charge in [0, 0.05) is 24.8 Å². The molecule has 1 N–H and O–H groups in total. The fraction of sp³-hybridized carbons (Fsp3) is 0.357. The Bertz CT molecular complexity index is 593. The molecular weight excluding hydrogens is 245 g/mol. The molecule has 0 aliphatic heterocycles. The minimum Gasteiger partial charge on any atom is -0.481 e. The summed E-state index contributed by atoms with van der Waals surface area (Å²) >= 11 is 0. The smallest absolute Gasteiger partial charge is 0.216 e. The van der Waals surface area contributed by atoms with Crippen LogP contribution >= 0.6 is 0 Å². The van der Waals surface area contributed by atoms with Crippen LogP contribution in [0.15, 0.2) is 18.2 Å². The van der Waals surface area contributed by atoms with Crippen LogP contribution in [0.1, 0.15) is 16.8 Å². The molecule has 0 atom stereocenters. The molecule has 19 heavy (non-hydrogen) atoms. The minimum absolute atomic E-state index is 0.208. The van der Waals surface area contributed by atoms with Crippen molar-refractivity contribution in [1.82, 2.24) is 9.78 Å². The number of hydrogen-bond acceptors (Lipinski definition) is 3. The Kier molecular flexibility index (Phi) is 3.74. The minimum atomic E-state index is -0.208. The molecular formula is C14H18FN3O. The molecule has 1 aromatic heterocycles. The van der Waals surface area contributed by atoms with Crippen molar-refractivity contribution >= 4 is 5.69 Å². The van der Waals surface area contributed by atoms with E-state index in [2.05, 4.69) is 10.4 Å². The molecule has 4 nitrogen and oxygen atoms in total. The molecule has 1 aromatic carbocycles. The van der Waals surface area contributed by atoms with Gasteiger partial charge in [0.1, 0.15) is 5.82 Å². The normalized spacial score (nSPS) is 10.6. The number of benzene rings is 1. The molecule has 0 aliphatic rings. The Balaban J connectivity index is 2.21. The topological polar surface area (TPSA) is 39.1 Å². The molecule has 102 valence electrons. The van der Waals surface area contributed by atoms with E-state index in [1.165, 1.54) is 6.07 Å². The van der Waals surface area contributed by atoms with E-state index in [-0.39, 0.29) is 5.82 Å². The molecule has 0 saturated heterocycles. The third-order valence-corrected chi connectivity index (χ3v) is 3.21. The molecule has 0 saturated carbocycles. The fourth-order valence-corrected chi connectivity index (χ4v) is 2.12. The SMILES string of the molecule is COc1c(CNc2cccc(F)c2C)c(C)nn1C. The summed E-state index contributed by atoms with van der Waals surface area (Å²) in [5.41, 5.74) is 3.28. The van der Waals surface area contributed by atoms with Crippen molar-refractivity contribution in [2.75, 3.05) is 12.4 Å². The summed E-state index contributed by atoms with van der Waals surface area (Å²) in [7, 11) is 3.45. The van der Waals surface area contributed by atoms with E-state index in [4.69, 9.17) is 4.74 Å². The van der Waals surface area contributed by atoms with Gasteiger partial charge in [-0.15, -0.1) is 0 Å². The highest BCUT2D eigenvalue weighted by Crippen LogP contribution is 2.24. The van der Waals surface area contributed by atoms with E-state index in [0.717, 1.165) is 22.8 Å². The first kappa shape index (κ1) is 13.4. The van der Waals surface area contributed by atoms with Gasteiger partial charge >= 0.3 is 0 Å². The number of nitrogens with one attached hydrogen (secondary N) is 1. The lowest BCUT2D eigenvalue weighted by Crippen LogP contribution is -2.04. The van der Waals surface area contributed by atoms with Crippen molar-refractivity contribution in [3.63, 3.8) is 0 Å². The predicted molar refractivity (Wildman–Crippen MR) is 73.0 cm³/mol. The number of aromatic nitrogens is 2. The van der Waals surface area contributed by atoms with Crippen LogP contribution < -0.4 is 10.1 Å². The molecule has 0 radical (unpaired) electrons.